The minimum absolute atomic E-state index is 0.0845. The Hall–Kier alpha value is -2.15. The van der Waals surface area contributed by atoms with Gasteiger partial charge in [0.15, 0.2) is 0 Å². The summed E-state index contributed by atoms with van der Waals surface area (Å²) in [5, 5.41) is 9.50. The molecule has 0 aliphatic carbocycles. The van der Waals surface area contributed by atoms with E-state index in [1.54, 1.807) is 27.2 Å². The highest BCUT2D eigenvalue weighted by molar-refractivity contribution is 8.26. The van der Waals surface area contributed by atoms with Gasteiger partial charge in [0.25, 0.3) is 11.5 Å². The molecule has 1 aliphatic heterocycles. The van der Waals surface area contributed by atoms with E-state index in [4.69, 9.17) is 17.0 Å². The van der Waals surface area contributed by atoms with Crippen LogP contribution in [0.4, 0.5) is 5.82 Å². The zero-order chi connectivity index (χ0) is 21.7. The van der Waals surface area contributed by atoms with Gasteiger partial charge in [-0.25, -0.2) is 0 Å². The van der Waals surface area contributed by atoms with Crippen molar-refractivity contribution in [3.63, 3.8) is 0 Å². The molecule has 2 rings (SSSR count). The van der Waals surface area contributed by atoms with Crippen molar-refractivity contribution >= 4 is 46.1 Å². The molecule has 156 valence electrons. The van der Waals surface area contributed by atoms with E-state index in [-0.39, 0.29) is 17.0 Å². The van der Waals surface area contributed by atoms with Crippen LogP contribution < -0.4 is 10.5 Å². The lowest BCUT2D eigenvalue weighted by Crippen LogP contribution is -2.32. The fraction of sp³-hybridized carbons (Fsp3) is 0.500. The Bertz CT molecular complexity index is 947. The molecule has 0 N–H and O–H groups in total. The fourth-order valence-electron chi connectivity index (χ4n) is 3.18. The molecule has 0 radical (unpaired) electrons. The number of nitriles is 1. The summed E-state index contributed by atoms with van der Waals surface area (Å²) in [6.07, 6.45) is 3.73. The minimum atomic E-state index is -0.340. The number of hydrogen-bond acceptors (Lipinski definition) is 7. The summed E-state index contributed by atoms with van der Waals surface area (Å²) in [6, 6.07) is 2.01. The van der Waals surface area contributed by atoms with Crippen LogP contribution in [0.2, 0.25) is 0 Å². The van der Waals surface area contributed by atoms with E-state index in [1.807, 2.05) is 18.0 Å². The summed E-state index contributed by atoms with van der Waals surface area (Å²) in [6.45, 7) is 5.38. The van der Waals surface area contributed by atoms with Crippen molar-refractivity contribution in [1.29, 1.82) is 5.26 Å². The van der Waals surface area contributed by atoms with Gasteiger partial charge in [0, 0.05) is 33.3 Å². The summed E-state index contributed by atoms with van der Waals surface area (Å²) >= 11 is 6.57. The SMILES string of the molecule is CCCCN(C)c1c(C=C2SC(=S)N(CCOC)C2=O)c(C)c(C#N)c(=O)n1C. The lowest BCUT2D eigenvalue weighted by Gasteiger charge is -2.25. The number of aromatic nitrogens is 1. The van der Waals surface area contributed by atoms with E-state index in [0.717, 1.165) is 19.4 Å². The molecule has 7 nitrogen and oxygen atoms in total. The first-order valence-corrected chi connectivity index (χ1v) is 10.6. The van der Waals surface area contributed by atoms with Gasteiger partial charge in [0.2, 0.25) is 0 Å². The third-order valence-corrected chi connectivity index (χ3v) is 6.22. The molecule has 2 heterocycles. The molecule has 0 atom stereocenters. The second kappa shape index (κ2) is 10.1. The summed E-state index contributed by atoms with van der Waals surface area (Å²) in [5.74, 6) is 0.494. The quantitative estimate of drug-likeness (QED) is 0.460. The summed E-state index contributed by atoms with van der Waals surface area (Å²) < 4.78 is 7.02. The standard InChI is InChI=1S/C20H26N4O3S2/c1-6-7-8-22(3)17-14(13(2)15(12-21)18(25)23(17)4)11-16-19(26)24(9-10-27-5)20(28)29-16/h11H,6-10H2,1-5H3. The molecular weight excluding hydrogens is 408 g/mol. The van der Waals surface area contributed by atoms with Gasteiger partial charge in [-0.2, -0.15) is 5.26 Å². The molecule has 0 unspecified atom stereocenters. The summed E-state index contributed by atoms with van der Waals surface area (Å²) in [5.41, 5.74) is 1.000. The summed E-state index contributed by atoms with van der Waals surface area (Å²) in [4.78, 5) is 29.5. The molecule has 9 heteroatoms. The second-order valence-corrected chi connectivity index (χ2v) is 8.49. The molecular formula is C20H26N4O3S2. The fourth-order valence-corrected chi connectivity index (χ4v) is 4.47. The van der Waals surface area contributed by atoms with Crippen LogP contribution in [0.5, 0.6) is 0 Å². The number of ether oxygens (including phenoxy) is 1. The smallest absolute Gasteiger partial charge is 0.270 e. The highest BCUT2D eigenvalue weighted by atomic mass is 32.2. The van der Waals surface area contributed by atoms with E-state index in [2.05, 4.69) is 6.92 Å². The van der Waals surface area contributed by atoms with Crippen molar-refractivity contribution in [2.75, 3.05) is 38.8 Å². The lowest BCUT2D eigenvalue weighted by molar-refractivity contribution is -0.122. The monoisotopic (exact) mass is 434 g/mol. The molecule has 0 saturated carbocycles. The lowest BCUT2D eigenvalue weighted by atomic mass is 10.0. The van der Waals surface area contributed by atoms with Crippen LogP contribution in [0.15, 0.2) is 9.70 Å². The molecule has 0 bridgehead atoms. The van der Waals surface area contributed by atoms with E-state index in [9.17, 15) is 14.9 Å². The van der Waals surface area contributed by atoms with E-state index in [1.165, 1.54) is 21.2 Å². The van der Waals surface area contributed by atoms with E-state index >= 15 is 0 Å². The van der Waals surface area contributed by atoms with Crippen molar-refractivity contribution in [2.24, 2.45) is 7.05 Å². The van der Waals surface area contributed by atoms with Gasteiger partial charge in [-0.05, 0) is 25.0 Å². The van der Waals surface area contributed by atoms with Crippen LogP contribution >= 0.6 is 24.0 Å². The Morgan fingerprint density at radius 3 is 2.66 bits per heavy atom. The first-order valence-electron chi connectivity index (χ1n) is 9.37. The Balaban J connectivity index is 2.62. The maximum atomic E-state index is 12.8. The Kier molecular flexibility index (Phi) is 8.02. The normalized spacial score (nSPS) is 15.3. The average molecular weight is 435 g/mol. The van der Waals surface area contributed by atoms with Gasteiger partial charge in [0.05, 0.1) is 18.1 Å². The van der Waals surface area contributed by atoms with Crippen LogP contribution in [0, 0.1) is 18.3 Å². The topological polar surface area (TPSA) is 78.6 Å². The zero-order valence-corrected chi connectivity index (χ0v) is 19.1. The van der Waals surface area contributed by atoms with Crippen LogP contribution in [0.3, 0.4) is 0 Å². The first-order chi connectivity index (χ1) is 13.8. The number of carbonyl (C=O) groups is 1. The number of rotatable bonds is 8. The van der Waals surface area contributed by atoms with Gasteiger partial charge in [-0.3, -0.25) is 19.1 Å². The molecule has 1 saturated heterocycles. The number of hydrogen-bond donors (Lipinski definition) is 0. The van der Waals surface area contributed by atoms with Crippen molar-refractivity contribution in [3.8, 4) is 6.07 Å². The van der Waals surface area contributed by atoms with Crippen LogP contribution in [-0.2, 0) is 16.6 Å². The van der Waals surface area contributed by atoms with Crippen molar-refractivity contribution < 1.29 is 9.53 Å². The molecule has 29 heavy (non-hydrogen) atoms. The maximum absolute atomic E-state index is 12.8. The van der Waals surface area contributed by atoms with Crippen LogP contribution in [0.1, 0.15) is 36.5 Å². The molecule has 1 aromatic rings. The number of pyridine rings is 1. The highest BCUT2D eigenvalue weighted by Crippen LogP contribution is 2.35. The van der Waals surface area contributed by atoms with Gasteiger partial charge in [0.1, 0.15) is 21.8 Å². The maximum Gasteiger partial charge on any atom is 0.270 e. The van der Waals surface area contributed by atoms with Gasteiger partial charge in [-0.1, -0.05) is 37.3 Å². The Morgan fingerprint density at radius 1 is 1.38 bits per heavy atom. The number of nitrogens with zero attached hydrogens (tertiary/aromatic N) is 4. The number of unbranched alkanes of at least 4 members (excludes halogenated alkanes) is 1. The highest BCUT2D eigenvalue weighted by Gasteiger charge is 2.32. The molecule has 1 amide bonds. The van der Waals surface area contributed by atoms with Crippen LogP contribution in [0.25, 0.3) is 6.08 Å². The Labute approximate surface area is 180 Å². The number of amides is 1. The number of methoxy groups -OCH3 is 1. The Morgan fingerprint density at radius 2 is 2.07 bits per heavy atom. The van der Waals surface area contributed by atoms with Gasteiger partial charge >= 0.3 is 0 Å². The predicted molar refractivity (Wildman–Crippen MR) is 121 cm³/mol. The van der Waals surface area contributed by atoms with Crippen molar-refractivity contribution in [1.82, 2.24) is 9.47 Å². The number of anilines is 1. The van der Waals surface area contributed by atoms with Crippen LogP contribution in [-0.4, -0.2) is 53.5 Å². The summed E-state index contributed by atoms with van der Waals surface area (Å²) in [7, 11) is 5.14. The van der Waals surface area contributed by atoms with Gasteiger partial charge < -0.3 is 9.64 Å². The molecule has 0 spiro atoms. The third-order valence-electron chi connectivity index (χ3n) is 4.84. The first kappa shape index (κ1) is 23.1. The number of thioether (sulfide) groups is 1. The average Bonchev–Trinajstić information content (AvgIpc) is 2.96. The van der Waals surface area contributed by atoms with Crippen molar-refractivity contribution in [2.45, 2.75) is 26.7 Å². The molecule has 0 aromatic carbocycles. The van der Waals surface area contributed by atoms with E-state index < -0.39 is 0 Å². The number of carbonyl (C=O) groups excluding carboxylic acids is 1. The van der Waals surface area contributed by atoms with E-state index in [0.29, 0.717) is 39.3 Å². The predicted octanol–water partition coefficient (Wildman–Crippen LogP) is 2.65. The van der Waals surface area contributed by atoms with Crippen molar-refractivity contribution in [3.05, 3.63) is 31.9 Å². The second-order valence-electron chi connectivity index (χ2n) is 6.81. The minimum Gasteiger partial charge on any atom is -0.383 e. The third kappa shape index (κ3) is 4.71. The largest absolute Gasteiger partial charge is 0.383 e. The van der Waals surface area contributed by atoms with Gasteiger partial charge in [-0.15, -0.1) is 0 Å². The molecule has 1 fully saturated rings. The zero-order valence-electron chi connectivity index (χ0n) is 17.4. The molecule has 1 aliphatic rings. The number of thiocarbonyl (C=S) groups is 1. The molecule has 1 aromatic heterocycles.